The molecule has 0 radical (unpaired) electrons. The Morgan fingerprint density at radius 1 is 0.121 bits per heavy atom. The molecule has 0 fully saturated rings. The maximum atomic E-state index is 2.55. The second kappa shape index (κ2) is 32.4. The Labute approximate surface area is 765 Å². The highest BCUT2D eigenvalue weighted by Gasteiger charge is 2.29. The van der Waals surface area contributed by atoms with Gasteiger partial charge < -0.3 is 28.4 Å². The van der Waals surface area contributed by atoms with Gasteiger partial charge in [-0.15, -0.1) is 0 Å². The lowest BCUT2D eigenvalue weighted by Gasteiger charge is -2.34. The number of fused-ring (bicyclic) bond motifs is 12. The number of aromatic nitrogens is 3. The predicted molar refractivity (Wildman–Crippen MR) is 559 cm³/mol. The smallest absolute Gasteiger partial charge is 0.0542 e. The van der Waals surface area contributed by atoms with E-state index in [2.05, 4.69) is 538 Å². The molecule has 0 saturated heterocycles. The number of benzene rings is 22. The average Bonchev–Trinajstić information content (AvgIpc) is 1.68. The molecule has 0 aliphatic carbocycles. The summed E-state index contributed by atoms with van der Waals surface area (Å²) in [5.41, 5.74) is 32.7. The molecule has 0 bridgehead atoms. The summed E-state index contributed by atoms with van der Waals surface area (Å²) >= 11 is 0. The molecule has 6 nitrogen and oxygen atoms in total. The molecule has 132 heavy (non-hydrogen) atoms. The van der Waals surface area contributed by atoms with Crippen molar-refractivity contribution in [3.05, 3.63) is 510 Å². The van der Waals surface area contributed by atoms with Gasteiger partial charge in [-0.1, -0.05) is 346 Å². The largest absolute Gasteiger partial charge is 0.310 e. The zero-order valence-corrected chi connectivity index (χ0v) is 72.2. The quantitative estimate of drug-likeness (QED) is 0.0856. The Balaban J connectivity index is 0.771. The molecule has 0 aliphatic rings. The van der Waals surface area contributed by atoms with Gasteiger partial charge in [-0.3, -0.25) is 0 Å². The normalized spacial score (nSPS) is 11.6. The lowest BCUT2D eigenvalue weighted by molar-refractivity contribution is 1.18. The van der Waals surface area contributed by atoms with Gasteiger partial charge in [0.05, 0.1) is 67.2 Å². The first-order valence-electron chi connectivity index (χ1n) is 45.3. The van der Waals surface area contributed by atoms with Crippen molar-refractivity contribution in [3.63, 3.8) is 0 Å². The van der Waals surface area contributed by atoms with Crippen LogP contribution in [0.3, 0.4) is 0 Å². The molecule has 25 aromatic rings. The summed E-state index contributed by atoms with van der Waals surface area (Å²) in [7, 11) is 0. The van der Waals surface area contributed by atoms with Crippen LogP contribution in [0.5, 0.6) is 0 Å². The van der Waals surface area contributed by atoms with Crippen molar-refractivity contribution < 1.29 is 0 Å². The van der Waals surface area contributed by atoms with Crippen LogP contribution in [0.15, 0.2) is 510 Å². The Hall–Kier alpha value is -17.6. The molecule has 0 atom stereocenters. The molecule has 0 N–H and O–H groups in total. The average molecular weight is 1680 g/mol. The number of anilines is 9. The van der Waals surface area contributed by atoms with E-state index in [9.17, 15) is 0 Å². The fourth-order valence-corrected chi connectivity index (χ4v) is 20.5. The van der Waals surface area contributed by atoms with Crippen molar-refractivity contribution in [2.45, 2.75) is 0 Å². The monoisotopic (exact) mass is 1680 g/mol. The minimum Gasteiger partial charge on any atom is -0.310 e. The first kappa shape index (κ1) is 76.8. The minimum absolute atomic E-state index is 0.939. The first-order chi connectivity index (χ1) is 65.4. The van der Waals surface area contributed by atoms with Crippen LogP contribution in [-0.2, 0) is 0 Å². The summed E-state index contributed by atoms with van der Waals surface area (Å²) in [6, 6.07) is 189. The van der Waals surface area contributed by atoms with E-state index in [1.54, 1.807) is 0 Å². The number of hydrogen-bond donors (Lipinski definition) is 0. The minimum atomic E-state index is 0.939. The fraction of sp³-hybridized carbons (Fsp3) is 0. The predicted octanol–water partition coefficient (Wildman–Crippen LogP) is 34.8. The summed E-state index contributed by atoms with van der Waals surface area (Å²) in [5.74, 6) is 0. The standard InChI is InChI=1S/C126H84N6/c1-7-28-85(29-8-1)88-52-58-91(59-53-88)97-64-70-121-112(76-97)115-82-103(67-73-124(115)130(121)100-40-13-4-14-41-100)127(118-49-25-37-94-34-19-22-46-109(94)118)106-79-107(128(119-50-26-38-95-35-20-23-47-110(95)119)104-68-74-125-116(83-104)113-77-98(65-71-122(113)131(125)101-42-15-5-16-43-101)92-60-54-89(55-61-92)86-30-9-2-10-31-86)81-108(80-106)129(120-51-27-39-96-36-21-24-48-111(96)120)105-69-75-126-117(84-105)114-78-99(66-72-123(114)132(126)102-44-17-6-18-45-102)93-62-56-90(57-63-93)87-32-11-3-12-33-87/h1-84H. The van der Waals surface area contributed by atoms with Gasteiger partial charge in [0.15, 0.2) is 0 Å². The van der Waals surface area contributed by atoms with Crippen molar-refractivity contribution in [2.75, 3.05) is 14.7 Å². The number of hydrogen-bond acceptors (Lipinski definition) is 3. The molecule has 22 aromatic carbocycles. The third-order valence-electron chi connectivity index (χ3n) is 26.7. The molecule has 3 heterocycles. The molecular formula is C126H84N6. The molecule has 618 valence electrons. The Bertz CT molecular complexity index is 7890. The first-order valence-corrected chi connectivity index (χ1v) is 45.3. The van der Waals surface area contributed by atoms with Crippen LogP contribution in [0.25, 0.3) is 182 Å². The highest BCUT2D eigenvalue weighted by Crippen LogP contribution is 2.53. The van der Waals surface area contributed by atoms with Crippen molar-refractivity contribution >= 4 is 149 Å². The molecule has 0 amide bonds. The molecule has 6 heteroatoms. The maximum Gasteiger partial charge on any atom is 0.0542 e. The van der Waals surface area contributed by atoms with E-state index < -0.39 is 0 Å². The summed E-state index contributed by atoms with van der Waals surface area (Å²) in [6.07, 6.45) is 0. The summed E-state index contributed by atoms with van der Waals surface area (Å²) in [5, 5.41) is 13.5. The van der Waals surface area contributed by atoms with Gasteiger partial charge in [0.25, 0.3) is 0 Å². The zero-order chi connectivity index (χ0) is 87.1. The Morgan fingerprint density at radius 2 is 0.318 bits per heavy atom. The number of para-hydroxylation sites is 3. The Kier molecular flexibility index (Phi) is 18.8. The van der Waals surface area contributed by atoms with Gasteiger partial charge in [0, 0.05) is 82.6 Å². The molecule has 0 spiro atoms. The van der Waals surface area contributed by atoms with Crippen LogP contribution in [0.1, 0.15) is 0 Å². The lowest BCUT2D eigenvalue weighted by Crippen LogP contribution is -2.17. The van der Waals surface area contributed by atoms with Gasteiger partial charge in [0.1, 0.15) is 0 Å². The molecule has 0 saturated carbocycles. The molecule has 3 aromatic heterocycles. The van der Waals surface area contributed by atoms with Gasteiger partial charge in [-0.2, -0.15) is 0 Å². The number of nitrogens with zero attached hydrogens (tertiary/aromatic N) is 6. The van der Waals surface area contributed by atoms with Gasteiger partial charge in [-0.25, -0.2) is 0 Å². The number of rotatable bonds is 18. The molecular weight excluding hydrogens is 1600 g/mol. The fourth-order valence-electron chi connectivity index (χ4n) is 20.5. The van der Waals surface area contributed by atoms with Crippen molar-refractivity contribution in [2.24, 2.45) is 0 Å². The zero-order valence-electron chi connectivity index (χ0n) is 72.2. The van der Waals surface area contributed by atoms with Gasteiger partial charge >= 0.3 is 0 Å². The summed E-state index contributed by atoms with van der Waals surface area (Å²) in [6.45, 7) is 0. The highest BCUT2D eigenvalue weighted by molar-refractivity contribution is 6.17. The summed E-state index contributed by atoms with van der Waals surface area (Å²) < 4.78 is 7.33. The van der Waals surface area contributed by atoms with Gasteiger partial charge in [0.2, 0.25) is 0 Å². The van der Waals surface area contributed by atoms with Gasteiger partial charge in [-0.05, 0) is 247 Å². The van der Waals surface area contributed by atoms with Crippen LogP contribution in [0, 0.1) is 0 Å². The molecule has 0 unspecified atom stereocenters. The second-order valence-electron chi connectivity index (χ2n) is 34.4. The van der Waals surface area contributed by atoms with Crippen LogP contribution in [0.2, 0.25) is 0 Å². The van der Waals surface area contributed by atoms with Crippen molar-refractivity contribution in [3.8, 4) is 83.8 Å². The van der Waals surface area contributed by atoms with Crippen LogP contribution >= 0.6 is 0 Å². The van der Waals surface area contributed by atoms with E-state index in [0.717, 1.165) is 199 Å². The van der Waals surface area contributed by atoms with E-state index in [4.69, 9.17) is 0 Å². The van der Waals surface area contributed by atoms with E-state index in [0.29, 0.717) is 0 Å². The van der Waals surface area contributed by atoms with E-state index >= 15 is 0 Å². The third-order valence-corrected chi connectivity index (χ3v) is 26.7. The van der Waals surface area contributed by atoms with Crippen molar-refractivity contribution in [1.82, 2.24) is 13.7 Å². The van der Waals surface area contributed by atoms with E-state index in [1.807, 2.05) is 0 Å². The van der Waals surface area contributed by atoms with Crippen LogP contribution in [0.4, 0.5) is 51.2 Å². The molecule has 0 aliphatic heterocycles. The summed E-state index contributed by atoms with van der Waals surface area (Å²) in [4.78, 5) is 7.64. The maximum absolute atomic E-state index is 2.55. The second-order valence-corrected chi connectivity index (χ2v) is 34.4. The topological polar surface area (TPSA) is 24.5 Å². The van der Waals surface area contributed by atoms with Crippen molar-refractivity contribution in [1.29, 1.82) is 0 Å². The molecule has 25 rings (SSSR count). The lowest BCUT2D eigenvalue weighted by atomic mass is 9.99. The van der Waals surface area contributed by atoms with E-state index in [1.165, 1.54) is 33.4 Å². The third kappa shape index (κ3) is 13.5. The SMILES string of the molecule is c1ccc(-c2ccc(-c3ccc4c(c3)c3cc(N(c5cc(N(c6ccc7c(c6)c6cc(-c8ccc(-c9ccccc9)cc8)ccc6n7-c6ccccc6)c6cccc7ccccc67)cc(N(c6ccc7c(c6)c6cc(-c8ccc(-c9ccccc9)cc8)ccc6n7-c6ccccc6)c6cccc7ccccc67)c5)c5cccc6ccccc56)ccc3n4-c3ccccc3)cc2)cc1. The van der Waals surface area contributed by atoms with Crippen LogP contribution in [-0.4, -0.2) is 13.7 Å². The van der Waals surface area contributed by atoms with E-state index in [-0.39, 0.29) is 0 Å². The Morgan fingerprint density at radius 3 is 0.583 bits per heavy atom. The van der Waals surface area contributed by atoms with Crippen LogP contribution < -0.4 is 14.7 Å². The highest BCUT2D eigenvalue weighted by atomic mass is 15.2.